The van der Waals surface area contributed by atoms with Crippen LogP contribution in [-0.4, -0.2) is 0 Å². The van der Waals surface area contributed by atoms with E-state index in [1.807, 2.05) is 18.2 Å². The summed E-state index contributed by atoms with van der Waals surface area (Å²) < 4.78 is 13.8. The summed E-state index contributed by atoms with van der Waals surface area (Å²) in [5.74, 6) is 0. The van der Waals surface area contributed by atoms with Crippen molar-refractivity contribution in [2.45, 2.75) is 0 Å². The van der Waals surface area contributed by atoms with Gasteiger partial charge in [-0.15, -0.1) is 0 Å². The Morgan fingerprint density at radius 3 is 2.43 bits per heavy atom. The molecule has 0 spiro atoms. The summed E-state index contributed by atoms with van der Waals surface area (Å²) in [4.78, 5) is 0. The van der Waals surface area contributed by atoms with Gasteiger partial charge >= 0.3 is 0 Å². The summed E-state index contributed by atoms with van der Waals surface area (Å²) in [5.41, 5.74) is 0.664. The third kappa shape index (κ3) is 0.967. The average molecular weight is 93.1 g/mol. The van der Waals surface area contributed by atoms with Gasteiger partial charge in [0.2, 0.25) is 0 Å². The van der Waals surface area contributed by atoms with Crippen LogP contribution in [0.1, 0.15) is 8.30 Å². The Hall–Kier alpha value is -0.910. The first kappa shape index (κ1) is 2.41. The molecule has 0 radical (unpaired) electrons. The zero-order chi connectivity index (χ0) is 6.69. The highest BCUT2D eigenvalue weighted by molar-refractivity contribution is 5.16. The van der Waals surface area contributed by atoms with Crippen molar-refractivity contribution in [2.24, 2.45) is 0 Å². The molecule has 1 aromatic carbocycles. The molecule has 0 aliphatic carbocycles. The number of hydrogen-bond acceptors (Lipinski definition) is 0. The fourth-order valence-electron chi connectivity index (χ4n) is 0.438. The van der Waals surface area contributed by atoms with Gasteiger partial charge in [-0.2, -0.15) is 0 Å². The first-order valence-corrected chi connectivity index (χ1v) is 2.16. The van der Waals surface area contributed by atoms with Gasteiger partial charge < -0.3 is 0 Å². The topological polar surface area (TPSA) is 0 Å². The molecular weight excluding hydrogens is 84.1 g/mol. The van der Waals surface area contributed by atoms with Gasteiger partial charge in [0, 0.05) is 19.0 Å². The van der Waals surface area contributed by atoms with Crippen molar-refractivity contribution in [1.29, 1.82) is 0 Å². The Kier molecular flexibility index (Phi) is 0.583. The van der Waals surface area contributed by atoms with Crippen LogP contribution < -0.4 is 0 Å². The molecule has 0 amide bonds. The molecule has 0 saturated heterocycles. The number of benzene rings is 1. The second-order valence-corrected chi connectivity index (χ2v) is 1.37. The summed E-state index contributed by atoms with van der Waals surface area (Å²) in [5, 5.41) is 0. The van der Waals surface area contributed by atoms with Crippen molar-refractivity contribution < 1.29 is 2.74 Å². The third-order valence-electron chi connectivity index (χ3n) is 0.774. The Morgan fingerprint density at radius 2 is 2.00 bits per heavy atom. The lowest BCUT2D eigenvalue weighted by atomic mass is 10.2. The molecule has 0 N–H and O–H groups in total. The lowest BCUT2D eigenvalue weighted by Crippen LogP contribution is -1.62. The molecule has 0 fully saturated rings. The van der Waals surface area contributed by atoms with Crippen LogP contribution in [0.5, 0.6) is 0 Å². The first-order chi connectivity index (χ1) is 4.30. The van der Waals surface area contributed by atoms with Crippen molar-refractivity contribution in [2.75, 3.05) is 0 Å². The quantitative estimate of drug-likeness (QED) is 0.465. The van der Waals surface area contributed by atoms with Crippen LogP contribution in [0.15, 0.2) is 30.3 Å². The predicted octanol–water partition coefficient (Wildman–Crippen LogP) is 1.87. The SMILES string of the molecule is [2H][C+]([2H])c1ccccc1. The summed E-state index contributed by atoms with van der Waals surface area (Å²) >= 11 is 0. The van der Waals surface area contributed by atoms with E-state index in [0.29, 0.717) is 5.56 Å². The molecule has 1 rings (SSSR count). The Morgan fingerprint density at radius 1 is 1.29 bits per heavy atom. The molecule has 0 bridgehead atoms. The van der Waals surface area contributed by atoms with Gasteiger partial charge in [-0.25, -0.2) is 0 Å². The van der Waals surface area contributed by atoms with E-state index in [1.54, 1.807) is 12.1 Å². The maximum absolute atomic E-state index is 6.90. The van der Waals surface area contributed by atoms with Gasteiger partial charge in [0.15, 0.2) is 0 Å². The van der Waals surface area contributed by atoms with Crippen LogP contribution in [0.4, 0.5) is 0 Å². The second kappa shape index (κ2) is 1.69. The Bertz CT molecular complexity index is 170. The lowest BCUT2D eigenvalue weighted by molar-refractivity contribution is 1.62. The van der Waals surface area contributed by atoms with Crippen molar-refractivity contribution in [3.8, 4) is 0 Å². The van der Waals surface area contributed by atoms with Crippen LogP contribution in [0.3, 0.4) is 0 Å². The number of rotatable bonds is 1. The third-order valence-corrected chi connectivity index (χ3v) is 0.774. The van der Waals surface area contributed by atoms with E-state index in [0.717, 1.165) is 0 Å². The summed E-state index contributed by atoms with van der Waals surface area (Å²) in [6.45, 7) is -0.129. The van der Waals surface area contributed by atoms with Gasteiger partial charge in [-0.05, 0) is 18.2 Å². The predicted molar refractivity (Wildman–Crippen MR) is 30.9 cm³/mol. The highest BCUT2D eigenvalue weighted by Gasteiger charge is 1.82. The number of hydrogen-bond donors (Lipinski definition) is 0. The molecule has 0 aromatic heterocycles. The van der Waals surface area contributed by atoms with Crippen molar-refractivity contribution >= 4 is 0 Å². The molecule has 34 valence electrons. The van der Waals surface area contributed by atoms with Crippen LogP contribution in [-0.2, 0) is 0 Å². The normalized spacial score (nSPS) is 12.0. The largest absolute Gasteiger partial charge is 0.145 e. The molecule has 0 heteroatoms. The van der Waals surface area contributed by atoms with E-state index in [2.05, 4.69) is 0 Å². The second-order valence-electron chi connectivity index (χ2n) is 1.37. The first-order valence-electron chi connectivity index (χ1n) is 3.16. The minimum absolute atomic E-state index is 0.129. The van der Waals surface area contributed by atoms with Crippen molar-refractivity contribution in [1.82, 2.24) is 0 Å². The molecule has 0 heterocycles. The zero-order valence-corrected chi connectivity index (χ0v) is 3.89. The van der Waals surface area contributed by atoms with Gasteiger partial charge in [0.25, 0.3) is 0 Å². The highest BCUT2D eigenvalue weighted by Crippen LogP contribution is 1.92. The van der Waals surface area contributed by atoms with Gasteiger partial charge in [-0.1, -0.05) is 0 Å². The highest BCUT2D eigenvalue weighted by atomic mass is 13.8. The molecule has 0 atom stereocenters. The van der Waals surface area contributed by atoms with Crippen LogP contribution >= 0.6 is 0 Å². The monoisotopic (exact) mass is 93.1 g/mol. The fraction of sp³-hybridized carbons (Fsp3) is 0. The minimum atomic E-state index is -0.129. The van der Waals surface area contributed by atoms with Crippen LogP contribution in [0.2, 0.25) is 0 Å². The lowest BCUT2D eigenvalue weighted by Gasteiger charge is -1.72. The summed E-state index contributed by atoms with van der Waals surface area (Å²) in [6, 6.07) is 8.99. The smallest absolute Gasteiger partial charge is 0.0356 e. The molecular formula is C7H7+. The average Bonchev–Trinajstić information content (AvgIpc) is 1.90. The molecule has 0 aliphatic rings. The van der Waals surface area contributed by atoms with Crippen molar-refractivity contribution in [3.63, 3.8) is 0 Å². The molecule has 0 nitrogen and oxygen atoms in total. The maximum Gasteiger partial charge on any atom is 0.145 e. The van der Waals surface area contributed by atoms with E-state index >= 15 is 0 Å². The van der Waals surface area contributed by atoms with E-state index in [1.165, 1.54) is 0 Å². The van der Waals surface area contributed by atoms with Crippen LogP contribution in [0, 0.1) is 6.88 Å². The fourth-order valence-corrected chi connectivity index (χ4v) is 0.438. The van der Waals surface area contributed by atoms with E-state index in [9.17, 15) is 0 Å². The van der Waals surface area contributed by atoms with E-state index in [-0.39, 0.29) is 6.88 Å². The maximum atomic E-state index is 6.90. The summed E-state index contributed by atoms with van der Waals surface area (Å²) in [6.07, 6.45) is 0. The van der Waals surface area contributed by atoms with E-state index in [4.69, 9.17) is 2.74 Å². The zero-order valence-electron chi connectivity index (χ0n) is 5.89. The Balaban J connectivity index is 2.85. The van der Waals surface area contributed by atoms with Gasteiger partial charge in [0.05, 0.1) is 0 Å². The summed E-state index contributed by atoms with van der Waals surface area (Å²) in [7, 11) is 0. The molecule has 0 aliphatic heterocycles. The van der Waals surface area contributed by atoms with Crippen molar-refractivity contribution in [3.05, 3.63) is 42.8 Å². The van der Waals surface area contributed by atoms with Gasteiger partial charge in [0.1, 0.15) is 8.30 Å². The van der Waals surface area contributed by atoms with E-state index < -0.39 is 0 Å². The molecule has 1 aromatic rings. The molecule has 0 saturated carbocycles. The van der Waals surface area contributed by atoms with Crippen LogP contribution in [0.25, 0.3) is 0 Å². The molecule has 7 heavy (non-hydrogen) atoms. The molecule has 0 unspecified atom stereocenters. The van der Waals surface area contributed by atoms with Gasteiger partial charge in [-0.3, -0.25) is 0 Å². The Labute approximate surface area is 46.6 Å². The minimum Gasteiger partial charge on any atom is -0.0356 e. The standard InChI is InChI=1S/C7H7/c1-7-5-3-2-4-6-7/h2-6H,1H2/q+1/i1D2.